The predicted molar refractivity (Wildman–Crippen MR) is 60.7 cm³/mol. The molecule has 1 nitrogen and oxygen atoms in total. The van der Waals surface area contributed by atoms with E-state index >= 15 is 0 Å². The Balaban J connectivity index is 3.00. The highest BCUT2D eigenvalue weighted by atomic mass is 16.3. The first kappa shape index (κ1) is 11.3. The summed E-state index contributed by atoms with van der Waals surface area (Å²) >= 11 is 0. The molecule has 0 aliphatic rings. The van der Waals surface area contributed by atoms with Crippen LogP contribution in [0.1, 0.15) is 42.9 Å². The summed E-state index contributed by atoms with van der Waals surface area (Å²) in [7, 11) is 0. The second-order valence-corrected chi connectivity index (χ2v) is 3.96. The Morgan fingerprint density at radius 1 is 1.36 bits per heavy atom. The number of hydrogen-bond donors (Lipinski definition) is 1. The Morgan fingerprint density at radius 2 is 2.07 bits per heavy atom. The highest BCUT2D eigenvalue weighted by Gasteiger charge is 2.09. The molecular formula is C13H20O. The van der Waals surface area contributed by atoms with Gasteiger partial charge in [-0.2, -0.15) is 0 Å². The standard InChI is InChI=1S/C13H20O/c1-4-6-12-7-5-8-13(11(12)3)10(2)9-14/h5,7-8,10,14H,4,6,9H2,1-3H3. The van der Waals surface area contributed by atoms with Crippen molar-refractivity contribution in [2.75, 3.05) is 6.61 Å². The number of benzene rings is 1. The molecule has 1 heteroatoms. The second kappa shape index (κ2) is 5.16. The molecule has 1 rings (SSSR count). The van der Waals surface area contributed by atoms with Crippen LogP contribution < -0.4 is 0 Å². The maximum Gasteiger partial charge on any atom is 0.0497 e. The van der Waals surface area contributed by atoms with Crippen molar-refractivity contribution in [2.45, 2.75) is 39.5 Å². The van der Waals surface area contributed by atoms with Gasteiger partial charge in [-0.15, -0.1) is 0 Å². The summed E-state index contributed by atoms with van der Waals surface area (Å²) in [6.45, 7) is 6.66. The van der Waals surface area contributed by atoms with Gasteiger partial charge in [-0.3, -0.25) is 0 Å². The number of hydrogen-bond acceptors (Lipinski definition) is 1. The normalized spacial score (nSPS) is 12.9. The summed E-state index contributed by atoms with van der Waals surface area (Å²) in [5, 5.41) is 9.13. The molecule has 1 N–H and O–H groups in total. The molecule has 14 heavy (non-hydrogen) atoms. The van der Waals surface area contributed by atoms with Crippen LogP contribution in [0.5, 0.6) is 0 Å². The molecule has 0 spiro atoms. The van der Waals surface area contributed by atoms with Crippen LogP contribution in [-0.4, -0.2) is 11.7 Å². The van der Waals surface area contributed by atoms with E-state index in [9.17, 15) is 0 Å². The van der Waals surface area contributed by atoms with Gasteiger partial charge < -0.3 is 5.11 Å². The van der Waals surface area contributed by atoms with Gasteiger partial charge in [-0.1, -0.05) is 38.5 Å². The lowest BCUT2D eigenvalue weighted by Gasteiger charge is -2.15. The van der Waals surface area contributed by atoms with Crippen LogP contribution in [0, 0.1) is 6.92 Å². The summed E-state index contributed by atoms with van der Waals surface area (Å²) in [5.41, 5.74) is 4.07. The molecule has 78 valence electrons. The third-order valence-corrected chi connectivity index (χ3v) is 2.81. The quantitative estimate of drug-likeness (QED) is 0.777. The van der Waals surface area contributed by atoms with Gasteiger partial charge in [0, 0.05) is 12.5 Å². The van der Waals surface area contributed by atoms with Crippen LogP contribution in [0.3, 0.4) is 0 Å². The maximum absolute atomic E-state index is 9.13. The van der Waals surface area contributed by atoms with E-state index in [1.165, 1.54) is 23.1 Å². The Bertz CT molecular complexity index is 291. The third kappa shape index (κ3) is 2.36. The number of aryl methyl sites for hydroxylation is 1. The van der Waals surface area contributed by atoms with Gasteiger partial charge in [0.15, 0.2) is 0 Å². The Kier molecular flexibility index (Phi) is 4.15. The smallest absolute Gasteiger partial charge is 0.0497 e. The lowest BCUT2D eigenvalue weighted by Crippen LogP contribution is -2.03. The van der Waals surface area contributed by atoms with Crippen LogP contribution >= 0.6 is 0 Å². The van der Waals surface area contributed by atoms with Crippen molar-refractivity contribution in [3.05, 3.63) is 34.9 Å². The average Bonchev–Trinajstić information content (AvgIpc) is 2.20. The molecule has 0 aromatic heterocycles. The summed E-state index contributed by atoms with van der Waals surface area (Å²) in [6.07, 6.45) is 2.32. The van der Waals surface area contributed by atoms with Crippen molar-refractivity contribution < 1.29 is 5.11 Å². The van der Waals surface area contributed by atoms with E-state index in [1.54, 1.807) is 0 Å². The monoisotopic (exact) mass is 192 g/mol. The van der Waals surface area contributed by atoms with Crippen LogP contribution in [0.25, 0.3) is 0 Å². The number of aliphatic hydroxyl groups excluding tert-OH is 1. The van der Waals surface area contributed by atoms with Crippen molar-refractivity contribution in [2.24, 2.45) is 0 Å². The first-order chi connectivity index (χ1) is 6.70. The van der Waals surface area contributed by atoms with E-state index in [1.807, 2.05) is 0 Å². The number of aliphatic hydroxyl groups is 1. The Hall–Kier alpha value is -0.820. The zero-order valence-corrected chi connectivity index (χ0v) is 9.38. The van der Waals surface area contributed by atoms with Crippen LogP contribution in [-0.2, 0) is 6.42 Å². The molecule has 1 aromatic carbocycles. The van der Waals surface area contributed by atoms with Crippen LogP contribution in [0.2, 0.25) is 0 Å². The predicted octanol–water partition coefficient (Wildman–Crippen LogP) is 3.04. The minimum Gasteiger partial charge on any atom is -0.396 e. The fourth-order valence-corrected chi connectivity index (χ4v) is 1.88. The van der Waals surface area contributed by atoms with Crippen molar-refractivity contribution >= 4 is 0 Å². The minimum atomic E-state index is 0.233. The molecule has 1 unspecified atom stereocenters. The lowest BCUT2D eigenvalue weighted by molar-refractivity contribution is 0.272. The van der Waals surface area contributed by atoms with Gasteiger partial charge in [-0.05, 0) is 30.0 Å². The second-order valence-electron chi connectivity index (χ2n) is 3.96. The summed E-state index contributed by atoms with van der Waals surface area (Å²) < 4.78 is 0. The van der Waals surface area contributed by atoms with Gasteiger partial charge in [0.2, 0.25) is 0 Å². The molecule has 0 saturated heterocycles. The Morgan fingerprint density at radius 3 is 2.64 bits per heavy atom. The zero-order chi connectivity index (χ0) is 10.6. The van der Waals surface area contributed by atoms with Crippen molar-refractivity contribution in [3.8, 4) is 0 Å². The molecule has 1 atom stereocenters. The molecule has 0 radical (unpaired) electrons. The van der Waals surface area contributed by atoms with Crippen molar-refractivity contribution in [1.82, 2.24) is 0 Å². The van der Waals surface area contributed by atoms with Crippen LogP contribution in [0.4, 0.5) is 0 Å². The molecule has 0 bridgehead atoms. The molecule has 1 aromatic rings. The van der Waals surface area contributed by atoms with Crippen molar-refractivity contribution in [1.29, 1.82) is 0 Å². The molecular weight excluding hydrogens is 172 g/mol. The third-order valence-electron chi connectivity index (χ3n) is 2.81. The van der Waals surface area contributed by atoms with Gasteiger partial charge in [0.25, 0.3) is 0 Å². The molecule has 0 heterocycles. The van der Waals surface area contributed by atoms with E-state index in [0.717, 1.165) is 6.42 Å². The first-order valence-corrected chi connectivity index (χ1v) is 5.40. The van der Waals surface area contributed by atoms with E-state index in [4.69, 9.17) is 5.11 Å². The zero-order valence-electron chi connectivity index (χ0n) is 9.38. The highest BCUT2D eigenvalue weighted by molar-refractivity contribution is 5.36. The SMILES string of the molecule is CCCc1cccc(C(C)CO)c1C. The largest absolute Gasteiger partial charge is 0.396 e. The van der Waals surface area contributed by atoms with Gasteiger partial charge >= 0.3 is 0 Å². The van der Waals surface area contributed by atoms with Gasteiger partial charge in [0.1, 0.15) is 0 Å². The number of rotatable bonds is 4. The van der Waals surface area contributed by atoms with Crippen molar-refractivity contribution in [3.63, 3.8) is 0 Å². The molecule has 0 saturated carbocycles. The van der Waals surface area contributed by atoms with E-state index in [0.29, 0.717) is 0 Å². The molecule has 0 amide bonds. The fraction of sp³-hybridized carbons (Fsp3) is 0.538. The Labute approximate surface area is 86.8 Å². The summed E-state index contributed by atoms with van der Waals surface area (Å²) in [5.74, 6) is 0.256. The molecule has 0 fully saturated rings. The summed E-state index contributed by atoms with van der Waals surface area (Å²) in [4.78, 5) is 0. The minimum absolute atomic E-state index is 0.233. The van der Waals surface area contributed by atoms with Gasteiger partial charge in [0.05, 0.1) is 0 Å². The highest BCUT2D eigenvalue weighted by Crippen LogP contribution is 2.22. The van der Waals surface area contributed by atoms with Gasteiger partial charge in [-0.25, -0.2) is 0 Å². The fourth-order valence-electron chi connectivity index (χ4n) is 1.88. The maximum atomic E-state index is 9.13. The van der Waals surface area contributed by atoms with E-state index in [-0.39, 0.29) is 12.5 Å². The van der Waals surface area contributed by atoms with E-state index < -0.39 is 0 Å². The molecule has 0 aliphatic carbocycles. The lowest BCUT2D eigenvalue weighted by atomic mass is 9.92. The van der Waals surface area contributed by atoms with Crippen LogP contribution in [0.15, 0.2) is 18.2 Å². The van der Waals surface area contributed by atoms with E-state index in [2.05, 4.69) is 39.0 Å². The topological polar surface area (TPSA) is 20.2 Å². The summed E-state index contributed by atoms with van der Waals surface area (Å²) in [6, 6.07) is 6.40. The molecule has 0 aliphatic heterocycles. The average molecular weight is 192 g/mol. The first-order valence-electron chi connectivity index (χ1n) is 5.40.